The summed E-state index contributed by atoms with van der Waals surface area (Å²) in [6.45, 7) is 7.00. The molecule has 3 amide bonds. The van der Waals surface area contributed by atoms with Crippen LogP contribution in [0.3, 0.4) is 0 Å². The normalized spacial score (nSPS) is 15.0. The molecule has 3 N–H and O–H groups in total. The van der Waals surface area contributed by atoms with E-state index in [0.717, 1.165) is 51.3 Å². The highest BCUT2D eigenvalue weighted by Gasteiger charge is 2.21. The second kappa shape index (κ2) is 12.8. The molecule has 0 spiro atoms. The first-order chi connectivity index (χ1) is 15.6. The molecule has 1 unspecified atom stereocenters. The van der Waals surface area contributed by atoms with Gasteiger partial charge in [0.1, 0.15) is 6.04 Å². The number of urea groups is 1. The van der Waals surface area contributed by atoms with Gasteiger partial charge in [0.05, 0.1) is 13.2 Å². The number of carbonyl (C=O) groups is 2. The maximum Gasteiger partial charge on any atom is 0.319 e. The van der Waals surface area contributed by atoms with E-state index < -0.39 is 12.1 Å². The van der Waals surface area contributed by atoms with Gasteiger partial charge in [0.15, 0.2) is 0 Å². The summed E-state index contributed by atoms with van der Waals surface area (Å²) in [5.74, 6) is -0.174. The Bertz CT molecular complexity index is 836. The molecule has 0 aromatic heterocycles. The van der Waals surface area contributed by atoms with Crippen LogP contribution in [0.4, 0.5) is 10.5 Å². The third-order valence-electron chi connectivity index (χ3n) is 5.58. The zero-order chi connectivity index (χ0) is 22.6. The van der Waals surface area contributed by atoms with Gasteiger partial charge in [-0.05, 0) is 42.6 Å². The Labute approximate surface area is 190 Å². The van der Waals surface area contributed by atoms with Crippen LogP contribution in [0.5, 0.6) is 0 Å². The Morgan fingerprint density at radius 1 is 1.00 bits per heavy atom. The number of amides is 3. The van der Waals surface area contributed by atoms with Crippen LogP contribution >= 0.6 is 0 Å². The predicted octanol–water partition coefficient (Wildman–Crippen LogP) is 2.82. The van der Waals surface area contributed by atoms with Crippen molar-refractivity contribution < 1.29 is 14.3 Å². The summed E-state index contributed by atoms with van der Waals surface area (Å²) in [6, 6.07) is 16.4. The van der Waals surface area contributed by atoms with Crippen molar-refractivity contribution in [1.29, 1.82) is 0 Å². The predicted molar refractivity (Wildman–Crippen MR) is 127 cm³/mol. The van der Waals surface area contributed by atoms with Crippen molar-refractivity contribution in [3.05, 3.63) is 65.7 Å². The van der Waals surface area contributed by atoms with E-state index in [9.17, 15) is 9.59 Å². The van der Waals surface area contributed by atoms with Gasteiger partial charge in [-0.15, -0.1) is 0 Å². The highest BCUT2D eigenvalue weighted by Crippen LogP contribution is 2.10. The number of rotatable bonds is 10. The first kappa shape index (κ1) is 23.8. The average Bonchev–Trinajstić information content (AvgIpc) is 2.83. The molecular formula is C25H34N4O3. The van der Waals surface area contributed by atoms with Crippen LogP contribution in [0, 0.1) is 0 Å². The Morgan fingerprint density at radius 3 is 2.41 bits per heavy atom. The first-order valence-electron chi connectivity index (χ1n) is 11.4. The molecule has 1 aliphatic heterocycles. The highest BCUT2D eigenvalue weighted by atomic mass is 16.5. The van der Waals surface area contributed by atoms with E-state index in [0.29, 0.717) is 18.7 Å². The molecule has 7 nitrogen and oxygen atoms in total. The number of ether oxygens (including phenoxy) is 1. The Balaban J connectivity index is 1.52. The van der Waals surface area contributed by atoms with Crippen molar-refractivity contribution in [2.45, 2.75) is 32.2 Å². The maximum atomic E-state index is 12.9. The number of carbonyl (C=O) groups excluding carboxylic acids is 2. The average molecular weight is 439 g/mol. The molecule has 1 aliphatic rings. The summed E-state index contributed by atoms with van der Waals surface area (Å²) in [7, 11) is 0. The third-order valence-corrected chi connectivity index (χ3v) is 5.58. The highest BCUT2D eigenvalue weighted by molar-refractivity contribution is 5.93. The lowest BCUT2D eigenvalue weighted by atomic mass is 10.1. The van der Waals surface area contributed by atoms with Crippen LogP contribution in [0.1, 0.15) is 24.5 Å². The lowest BCUT2D eigenvalue weighted by molar-refractivity contribution is -0.122. The number of nitrogens with zero attached hydrogens (tertiary/aromatic N) is 1. The van der Waals surface area contributed by atoms with Gasteiger partial charge >= 0.3 is 6.03 Å². The van der Waals surface area contributed by atoms with Gasteiger partial charge in [0.25, 0.3) is 0 Å². The van der Waals surface area contributed by atoms with Crippen molar-refractivity contribution in [2.75, 3.05) is 44.7 Å². The second-order valence-corrected chi connectivity index (χ2v) is 7.99. The minimum atomic E-state index is -0.657. The molecule has 1 fully saturated rings. The van der Waals surface area contributed by atoms with E-state index in [1.807, 2.05) is 54.6 Å². The Kier molecular flexibility index (Phi) is 9.53. The standard InChI is InChI=1S/C25H34N4O3/c1-2-20-9-11-22(12-10-20)27-25(31)28-23(19-21-7-4-3-5-8-21)24(30)26-13-6-14-29-15-17-32-18-16-29/h3-5,7-12,23H,2,6,13-19H2,1H3,(H,26,30)(H2,27,28,31). The topological polar surface area (TPSA) is 82.7 Å². The zero-order valence-corrected chi connectivity index (χ0v) is 18.8. The van der Waals surface area contributed by atoms with Crippen molar-refractivity contribution in [3.63, 3.8) is 0 Å². The third kappa shape index (κ3) is 7.98. The molecule has 2 aromatic rings. The summed E-state index contributed by atoms with van der Waals surface area (Å²) >= 11 is 0. The van der Waals surface area contributed by atoms with E-state index in [4.69, 9.17) is 4.74 Å². The summed E-state index contributed by atoms with van der Waals surface area (Å²) in [5.41, 5.74) is 2.90. The minimum absolute atomic E-state index is 0.174. The number of nitrogens with one attached hydrogen (secondary N) is 3. The molecule has 0 aliphatic carbocycles. The van der Waals surface area contributed by atoms with E-state index in [2.05, 4.69) is 27.8 Å². The van der Waals surface area contributed by atoms with Crippen molar-refractivity contribution in [2.24, 2.45) is 0 Å². The van der Waals surface area contributed by atoms with Gasteiger partial charge in [0.2, 0.25) is 5.91 Å². The molecule has 3 rings (SSSR count). The fourth-order valence-corrected chi connectivity index (χ4v) is 3.67. The van der Waals surface area contributed by atoms with Gasteiger partial charge in [-0.1, -0.05) is 49.4 Å². The van der Waals surface area contributed by atoms with Gasteiger partial charge in [-0.2, -0.15) is 0 Å². The van der Waals surface area contributed by atoms with Gasteiger partial charge in [-0.3, -0.25) is 9.69 Å². The molecule has 1 saturated heterocycles. The molecule has 172 valence electrons. The molecule has 1 atom stereocenters. The lowest BCUT2D eigenvalue weighted by Gasteiger charge is -2.26. The molecule has 0 saturated carbocycles. The molecular weight excluding hydrogens is 404 g/mol. The van der Waals surface area contributed by atoms with Crippen LogP contribution in [0.25, 0.3) is 0 Å². The van der Waals surface area contributed by atoms with Crippen molar-refractivity contribution in [1.82, 2.24) is 15.5 Å². The van der Waals surface area contributed by atoms with Gasteiger partial charge in [-0.25, -0.2) is 4.79 Å². The van der Waals surface area contributed by atoms with E-state index in [-0.39, 0.29) is 5.91 Å². The minimum Gasteiger partial charge on any atom is -0.379 e. The van der Waals surface area contributed by atoms with Crippen molar-refractivity contribution >= 4 is 17.6 Å². The molecule has 0 bridgehead atoms. The van der Waals surface area contributed by atoms with Crippen LogP contribution in [-0.2, 0) is 22.4 Å². The molecule has 0 radical (unpaired) electrons. The van der Waals surface area contributed by atoms with Crippen LogP contribution in [0.15, 0.2) is 54.6 Å². The number of morpholine rings is 1. The lowest BCUT2D eigenvalue weighted by Crippen LogP contribution is -2.49. The van der Waals surface area contributed by atoms with Crippen LogP contribution in [-0.4, -0.2) is 62.3 Å². The van der Waals surface area contributed by atoms with E-state index >= 15 is 0 Å². The van der Waals surface area contributed by atoms with E-state index in [1.54, 1.807) is 0 Å². The second-order valence-electron chi connectivity index (χ2n) is 7.99. The number of anilines is 1. The SMILES string of the molecule is CCc1ccc(NC(=O)NC(Cc2ccccc2)C(=O)NCCCN2CCOCC2)cc1. The summed E-state index contributed by atoms with van der Waals surface area (Å²) in [5, 5.41) is 8.66. The Hall–Kier alpha value is -2.90. The Morgan fingerprint density at radius 2 is 1.72 bits per heavy atom. The largest absolute Gasteiger partial charge is 0.379 e. The number of hydrogen-bond acceptors (Lipinski definition) is 4. The van der Waals surface area contributed by atoms with Gasteiger partial charge in [0, 0.05) is 31.7 Å². The fraction of sp³-hybridized carbons (Fsp3) is 0.440. The summed E-state index contributed by atoms with van der Waals surface area (Å²) in [4.78, 5) is 27.8. The first-order valence-corrected chi connectivity index (χ1v) is 11.4. The van der Waals surface area contributed by atoms with Crippen molar-refractivity contribution in [3.8, 4) is 0 Å². The van der Waals surface area contributed by atoms with Crippen LogP contribution < -0.4 is 16.0 Å². The number of benzene rings is 2. The zero-order valence-electron chi connectivity index (χ0n) is 18.8. The summed E-state index contributed by atoms with van der Waals surface area (Å²) < 4.78 is 5.37. The smallest absolute Gasteiger partial charge is 0.319 e. The number of aryl methyl sites for hydroxylation is 1. The maximum absolute atomic E-state index is 12.9. The van der Waals surface area contributed by atoms with E-state index in [1.165, 1.54) is 5.56 Å². The molecule has 1 heterocycles. The summed E-state index contributed by atoms with van der Waals surface area (Å²) in [6.07, 6.45) is 2.23. The fourth-order valence-electron chi connectivity index (χ4n) is 3.67. The van der Waals surface area contributed by atoms with Gasteiger partial charge < -0.3 is 20.7 Å². The number of hydrogen-bond donors (Lipinski definition) is 3. The molecule has 2 aromatic carbocycles. The molecule has 7 heteroatoms. The quantitative estimate of drug-likeness (QED) is 0.498. The monoisotopic (exact) mass is 438 g/mol. The van der Waals surface area contributed by atoms with Crippen LogP contribution in [0.2, 0.25) is 0 Å². The molecule has 32 heavy (non-hydrogen) atoms.